The second-order valence-electron chi connectivity index (χ2n) is 1.59. The van der Waals surface area contributed by atoms with Gasteiger partial charge in [-0.2, -0.15) is 0 Å². The molecule has 0 aliphatic heterocycles. The lowest BCUT2D eigenvalue weighted by Crippen LogP contribution is -2.19. The summed E-state index contributed by atoms with van der Waals surface area (Å²) in [5.41, 5.74) is 0.736. The van der Waals surface area contributed by atoms with Crippen LogP contribution in [0.1, 0.15) is 13.8 Å². The Kier molecular flexibility index (Phi) is 4.09. The molecule has 0 fully saturated rings. The van der Waals surface area contributed by atoms with Gasteiger partial charge in [0.2, 0.25) is 0 Å². The van der Waals surface area contributed by atoms with Crippen molar-refractivity contribution in [1.29, 1.82) is 0 Å². The molecule has 0 aromatic rings. The molecule has 9 heavy (non-hydrogen) atoms. The maximum absolute atomic E-state index is 4.96. The van der Waals surface area contributed by atoms with Gasteiger partial charge in [-0.15, -0.1) is 5.23 Å². The maximum Gasteiger partial charge on any atom is 0.0747 e. The van der Waals surface area contributed by atoms with Crippen molar-refractivity contribution in [3.05, 3.63) is 12.3 Å². The zero-order valence-corrected chi connectivity index (χ0v) is 6.18. The van der Waals surface area contributed by atoms with Gasteiger partial charge in [0, 0.05) is 0 Å². The molecule has 0 aromatic carbocycles. The zero-order valence-electron chi connectivity index (χ0n) is 6.18. The van der Waals surface area contributed by atoms with Gasteiger partial charge in [-0.3, -0.25) is 4.84 Å². The van der Waals surface area contributed by atoms with E-state index in [-0.39, 0.29) is 0 Å². The first-order valence-corrected chi connectivity index (χ1v) is 2.85. The molecule has 3 heteroatoms. The molecular weight excluding hydrogens is 118 g/mol. The van der Waals surface area contributed by atoms with E-state index in [0.29, 0.717) is 6.61 Å². The van der Waals surface area contributed by atoms with Crippen molar-refractivity contribution in [2.75, 3.05) is 13.7 Å². The molecule has 0 atom stereocenters. The van der Waals surface area contributed by atoms with Crippen LogP contribution in [0.4, 0.5) is 0 Å². The Labute approximate surface area is 55.8 Å². The summed E-state index contributed by atoms with van der Waals surface area (Å²) in [6.07, 6.45) is 0. The Morgan fingerprint density at radius 1 is 1.67 bits per heavy atom. The van der Waals surface area contributed by atoms with Gasteiger partial charge in [-0.25, -0.2) is 4.84 Å². The molecule has 0 N–H and O–H groups in total. The molecule has 3 nitrogen and oxygen atoms in total. The van der Waals surface area contributed by atoms with E-state index in [2.05, 4.69) is 6.58 Å². The number of allylic oxidation sites excluding steroid dienone is 1. The van der Waals surface area contributed by atoms with Gasteiger partial charge in [0.15, 0.2) is 0 Å². The molecule has 0 aliphatic carbocycles. The van der Waals surface area contributed by atoms with Gasteiger partial charge >= 0.3 is 0 Å². The lowest BCUT2D eigenvalue weighted by Gasteiger charge is -2.18. The smallest absolute Gasteiger partial charge is 0.0747 e. The number of hydrogen-bond acceptors (Lipinski definition) is 3. The number of rotatable bonds is 4. The minimum absolute atomic E-state index is 0.584. The molecule has 0 bridgehead atoms. The number of hydrogen-bond donors (Lipinski definition) is 0. The molecule has 0 amide bonds. The third-order valence-corrected chi connectivity index (χ3v) is 0.724. The van der Waals surface area contributed by atoms with Gasteiger partial charge in [0.05, 0.1) is 19.4 Å². The largest absolute Gasteiger partial charge is 0.252 e. The Morgan fingerprint density at radius 2 is 2.22 bits per heavy atom. The highest BCUT2D eigenvalue weighted by Crippen LogP contribution is 1.99. The minimum atomic E-state index is 0.584. The molecule has 0 rings (SSSR count). The molecule has 0 saturated carbocycles. The summed E-state index contributed by atoms with van der Waals surface area (Å²) < 4.78 is 0. The monoisotopic (exact) mass is 131 g/mol. The fourth-order valence-electron chi connectivity index (χ4n) is 0.436. The van der Waals surface area contributed by atoms with Gasteiger partial charge in [-0.05, 0) is 13.8 Å². The van der Waals surface area contributed by atoms with Crippen LogP contribution in [0.3, 0.4) is 0 Å². The van der Waals surface area contributed by atoms with E-state index in [0.717, 1.165) is 5.70 Å². The van der Waals surface area contributed by atoms with Gasteiger partial charge < -0.3 is 0 Å². The van der Waals surface area contributed by atoms with Crippen LogP contribution in [0.2, 0.25) is 0 Å². The van der Waals surface area contributed by atoms with Crippen LogP contribution in [-0.2, 0) is 9.68 Å². The van der Waals surface area contributed by atoms with Crippen LogP contribution in [0.5, 0.6) is 0 Å². The summed E-state index contributed by atoms with van der Waals surface area (Å²) in [5.74, 6) is 0. The predicted molar refractivity (Wildman–Crippen MR) is 35.3 cm³/mol. The van der Waals surface area contributed by atoms with Crippen molar-refractivity contribution in [3.63, 3.8) is 0 Å². The van der Waals surface area contributed by atoms with Crippen LogP contribution >= 0.6 is 0 Å². The van der Waals surface area contributed by atoms with Gasteiger partial charge in [0.1, 0.15) is 0 Å². The van der Waals surface area contributed by atoms with Crippen molar-refractivity contribution >= 4 is 0 Å². The molecular formula is C6H13NO2. The summed E-state index contributed by atoms with van der Waals surface area (Å²) in [4.78, 5) is 9.73. The first kappa shape index (κ1) is 8.46. The summed E-state index contributed by atoms with van der Waals surface area (Å²) in [6, 6.07) is 0. The fourth-order valence-corrected chi connectivity index (χ4v) is 0.436. The van der Waals surface area contributed by atoms with Gasteiger partial charge in [-0.1, -0.05) is 6.58 Å². The van der Waals surface area contributed by atoms with Crippen LogP contribution in [0.25, 0.3) is 0 Å². The highest BCUT2D eigenvalue weighted by atomic mass is 16.9. The van der Waals surface area contributed by atoms with E-state index in [1.165, 1.54) is 12.3 Å². The first-order chi connectivity index (χ1) is 4.22. The van der Waals surface area contributed by atoms with Crippen LogP contribution in [0.15, 0.2) is 12.3 Å². The first-order valence-electron chi connectivity index (χ1n) is 2.85. The van der Waals surface area contributed by atoms with Gasteiger partial charge in [0.25, 0.3) is 0 Å². The standard InChI is InChI=1S/C6H13NO2/c1-5-9-7(8-4)6(2)3/h2,5H2,1,3-4H3. The molecule has 0 unspecified atom stereocenters. The fraction of sp³-hybridized carbons (Fsp3) is 0.667. The second kappa shape index (κ2) is 4.35. The Morgan fingerprint density at radius 3 is 2.33 bits per heavy atom. The Bertz CT molecular complexity index is 93.1. The molecule has 0 aromatic heterocycles. The average molecular weight is 131 g/mol. The normalized spacial score (nSPS) is 9.22. The van der Waals surface area contributed by atoms with Crippen molar-refractivity contribution < 1.29 is 9.68 Å². The predicted octanol–water partition coefficient (Wildman–Crippen LogP) is 1.33. The zero-order chi connectivity index (χ0) is 7.28. The maximum atomic E-state index is 4.96. The molecule has 0 radical (unpaired) electrons. The number of nitrogens with zero attached hydrogens (tertiary/aromatic N) is 1. The van der Waals surface area contributed by atoms with Crippen molar-refractivity contribution in [2.45, 2.75) is 13.8 Å². The van der Waals surface area contributed by atoms with Crippen molar-refractivity contribution in [2.24, 2.45) is 0 Å². The highest BCUT2D eigenvalue weighted by molar-refractivity contribution is 4.78. The van der Waals surface area contributed by atoms with Crippen LogP contribution in [-0.4, -0.2) is 18.9 Å². The van der Waals surface area contributed by atoms with E-state index in [4.69, 9.17) is 9.68 Å². The second-order valence-corrected chi connectivity index (χ2v) is 1.59. The summed E-state index contributed by atoms with van der Waals surface area (Å²) in [7, 11) is 1.53. The Balaban J connectivity index is 3.54. The van der Waals surface area contributed by atoms with Crippen molar-refractivity contribution in [1.82, 2.24) is 5.23 Å². The third-order valence-electron chi connectivity index (χ3n) is 0.724. The average Bonchev–Trinajstić information content (AvgIpc) is 1.82. The van der Waals surface area contributed by atoms with E-state index in [9.17, 15) is 0 Å². The lowest BCUT2D eigenvalue weighted by atomic mass is 10.6. The minimum Gasteiger partial charge on any atom is -0.252 e. The summed E-state index contributed by atoms with van der Waals surface area (Å²) in [6.45, 7) is 7.89. The SMILES string of the molecule is C=C(C)N(OC)OCC. The van der Waals surface area contributed by atoms with E-state index >= 15 is 0 Å². The molecule has 0 heterocycles. The molecule has 0 saturated heterocycles. The highest BCUT2D eigenvalue weighted by Gasteiger charge is 1.98. The third kappa shape index (κ3) is 3.11. The quantitative estimate of drug-likeness (QED) is 0.537. The van der Waals surface area contributed by atoms with E-state index in [1.54, 1.807) is 6.92 Å². The number of hydroxylamine groups is 2. The van der Waals surface area contributed by atoms with E-state index in [1.807, 2.05) is 6.92 Å². The van der Waals surface area contributed by atoms with Crippen LogP contribution in [0, 0.1) is 0 Å². The summed E-state index contributed by atoms with van der Waals surface area (Å²) in [5, 5.41) is 1.28. The lowest BCUT2D eigenvalue weighted by molar-refractivity contribution is -0.329. The van der Waals surface area contributed by atoms with Crippen molar-refractivity contribution in [3.8, 4) is 0 Å². The van der Waals surface area contributed by atoms with Crippen LogP contribution < -0.4 is 0 Å². The Hall–Kier alpha value is -0.540. The topological polar surface area (TPSA) is 21.7 Å². The molecule has 0 aliphatic rings. The molecule has 54 valence electrons. The summed E-state index contributed by atoms with van der Waals surface area (Å²) >= 11 is 0. The van der Waals surface area contributed by atoms with E-state index < -0.39 is 0 Å². The molecule has 0 spiro atoms.